The van der Waals surface area contributed by atoms with E-state index in [2.05, 4.69) is 25.6 Å². The molecule has 2 aliphatic rings. The molecule has 0 saturated carbocycles. The van der Waals surface area contributed by atoms with E-state index in [9.17, 15) is 4.79 Å². The standard InChI is InChI=1S/C16H27N5O2/c1-13-10-15(19-23-13)18-16(22)12-21-8-6-20(7-9-21)11-14-2-4-17-5-3-14/h10,14,17H,2-9,11-12H2,1H3,(H,18,19,22). The molecular weight excluding hydrogens is 294 g/mol. The van der Waals surface area contributed by atoms with Gasteiger partial charge in [0.2, 0.25) is 5.91 Å². The molecule has 0 bridgehead atoms. The van der Waals surface area contributed by atoms with Crippen LogP contribution in [0.3, 0.4) is 0 Å². The van der Waals surface area contributed by atoms with Gasteiger partial charge >= 0.3 is 0 Å². The fourth-order valence-electron chi connectivity index (χ4n) is 3.37. The molecule has 128 valence electrons. The Morgan fingerprint density at radius 2 is 2.00 bits per heavy atom. The summed E-state index contributed by atoms with van der Waals surface area (Å²) in [6.45, 7) is 9.78. The summed E-state index contributed by atoms with van der Waals surface area (Å²) in [7, 11) is 0. The molecule has 0 spiro atoms. The van der Waals surface area contributed by atoms with Crippen molar-refractivity contribution in [2.24, 2.45) is 5.92 Å². The van der Waals surface area contributed by atoms with Crippen molar-refractivity contribution >= 4 is 11.7 Å². The molecule has 2 saturated heterocycles. The van der Waals surface area contributed by atoms with E-state index in [0.29, 0.717) is 18.1 Å². The molecular formula is C16H27N5O2. The van der Waals surface area contributed by atoms with Gasteiger partial charge in [0.25, 0.3) is 0 Å². The summed E-state index contributed by atoms with van der Waals surface area (Å²) in [4.78, 5) is 16.8. The first kappa shape index (κ1) is 16.4. The van der Waals surface area contributed by atoms with Crippen LogP contribution in [-0.2, 0) is 4.79 Å². The van der Waals surface area contributed by atoms with Crippen molar-refractivity contribution in [3.05, 3.63) is 11.8 Å². The van der Waals surface area contributed by atoms with E-state index in [1.54, 1.807) is 6.07 Å². The summed E-state index contributed by atoms with van der Waals surface area (Å²) in [6.07, 6.45) is 2.58. The second-order valence-electron chi connectivity index (χ2n) is 6.64. The Balaban J connectivity index is 1.36. The van der Waals surface area contributed by atoms with Crippen LogP contribution >= 0.6 is 0 Å². The monoisotopic (exact) mass is 321 g/mol. The number of piperazine rings is 1. The molecule has 0 radical (unpaired) electrons. The van der Waals surface area contributed by atoms with Gasteiger partial charge in [-0.15, -0.1) is 0 Å². The topological polar surface area (TPSA) is 73.6 Å². The highest BCUT2D eigenvalue weighted by Gasteiger charge is 2.22. The normalized spacial score (nSPS) is 21.4. The van der Waals surface area contributed by atoms with Crippen LogP contribution in [-0.4, -0.2) is 73.2 Å². The number of hydrogen-bond donors (Lipinski definition) is 2. The molecule has 0 aromatic carbocycles. The predicted octanol–water partition coefficient (Wildman–Crippen LogP) is 0.539. The molecule has 23 heavy (non-hydrogen) atoms. The van der Waals surface area contributed by atoms with Crippen LogP contribution in [0.25, 0.3) is 0 Å². The summed E-state index contributed by atoms with van der Waals surface area (Å²) >= 11 is 0. The minimum Gasteiger partial charge on any atom is -0.360 e. The largest absolute Gasteiger partial charge is 0.360 e. The average Bonchev–Trinajstić information content (AvgIpc) is 2.95. The lowest BCUT2D eigenvalue weighted by Crippen LogP contribution is -2.50. The van der Waals surface area contributed by atoms with Gasteiger partial charge in [-0.1, -0.05) is 5.16 Å². The van der Waals surface area contributed by atoms with Crippen LogP contribution in [0.2, 0.25) is 0 Å². The van der Waals surface area contributed by atoms with Gasteiger partial charge in [0.05, 0.1) is 6.54 Å². The van der Waals surface area contributed by atoms with Gasteiger partial charge in [-0.05, 0) is 38.8 Å². The Labute approximate surface area is 137 Å². The second-order valence-corrected chi connectivity index (χ2v) is 6.64. The Hall–Kier alpha value is -1.44. The van der Waals surface area contributed by atoms with E-state index in [-0.39, 0.29) is 5.91 Å². The molecule has 2 aliphatic heterocycles. The number of carbonyl (C=O) groups excluding carboxylic acids is 1. The number of amides is 1. The zero-order valence-electron chi connectivity index (χ0n) is 13.9. The fraction of sp³-hybridized carbons (Fsp3) is 0.750. The molecule has 1 aromatic rings. The number of nitrogens with one attached hydrogen (secondary N) is 2. The van der Waals surface area contributed by atoms with Crippen LogP contribution in [0.5, 0.6) is 0 Å². The summed E-state index contributed by atoms with van der Waals surface area (Å²) in [5.74, 6) is 2.01. The first-order valence-electron chi connectivity index (χ1n) is 8.57. The van der Waals surface area contributed by atoms with Gasteiger partial charge in [0.1, 0.15) is 5.76 Å². The van der Waals surface area contributed by atoms with Gasteiger partial charge in [0, 0.05) is 38.8 Å². The zero-order valence-corrected chi connectivity index (χ0v) is 13.9. The molecule has 2 fully saturated rings. The molecule has 3 heterocycles. The summed E-state index contributed by atoms with van der Waals surface area (Å²) in [6, 6.07) is 1.73. The number of carbonyl (C=O) groups is 1. The third kappa shape index (κ3) is 5.02. The van der Waals surface area contributed by atoms with Crippen LogP contribution in [0, 0.1) is 12.8 Å². The molecule has 1 aromatic heterocycles. The fourth-order valence-corrected chi connectivity index (χ4v) is 3.37. The van der Waals surface area contributed by atoms with Gasteiger partial charge in [0.15, 0.2) is 5.82 Å². The van der Waals surface area contributed by atoms with Crippen LogP contribution in [0.15, 0.2) is 10.6 Å². The SMILES string of the molecule is Cc1cc(NC(=O)CN2CCN(CC3CCNCC3)CC2)no1. The van der Waals surface area contributed by atoms with Crippen molar-refractivity contribution in [3.63, 3.8) is 0 Å². The number of anilines is 1. The Bertz CT molecular complexity index is 504. The number of nitrogens with zero attached hydrogens (tertiary/aromatic N) is 3. The molecule has 0 atom stereocenters. The third-order valence-electron chi connectivity index (χ3n) is 4.70. The minimum absolute atomic E-state index is 0.0231. The van der Waals surface area contributed by atoms with Crippen molar-refractivity contribution in [3.8, 4) is 0 Å². The zero-order chi connectivity index (χ0) is 16.1. The van der Waals surface area contributed by atoms with Crippen molar-refractivity contribution in [1.29, 1.82) is 0 Å². The Morgan fingerprint density at radius 1 is 1.30 bits per heavy atom. The van der Waals surface area contributed by atoms with Crippen molar-refractivity contribution in [2.75, 3.05) is 57.7 Å². The summed E-state index contributed by atoms with van der Waals surface area (Å²) in [5, 5.41) is 9.99. The maximum Gasteiger partial charge on any atom is 0.239 e. The van der Waals surface area contributed by atoms with E-state index in [1.807, 2.05) is 6.92 Å². The average molecular weight is 321 g/mol. The Morgan fingerprint density at radius 3 is 2.65 bits per heavy atom. The summed E-state index contributed by atoms with van der Waals surface area (Å²) < 4.78 is 4.95. The lowest BCUT2D eigenvalue weighted by atomic mass is 9.97. The van der Waals surface area contributed by atoms with Gasteiger partial charge in [-0.3, -0.25) is 9.69 Å². The molecule has 0 aliphatic carbocycles. The molecule has 0 unspecified atom stereocenters. The highest BCUT2D eigenvalue weighted by atomic mass is 16.5. The van der Waals surface area contributed by atoms with Crippen LogP contribution in [0.4, 0.5) is 5.82 Å². The van der Waals surface area contributed by atoms with E-state index in [1.165, 1.54) is 19.4 Å². The van der Waals surface area contributed by atoms with Crippen molar-refractivity contribution < 1.29 is 9.32 Å². The van der Waals surface area contributed by atoms with Gasteiger partial charge in [-0.25, -0.2) is 0 Å². The quantitative estimate of drug-likeness (QED) is 0.824. The highest BCUT2D eigenvalue weighted by Crippen LogP contribution is 2.15. The van der Waals surface area contributed by atoms with Crippen LogP contribution in [0.1, 0.15) is 18.6 Å². The Kier molecular flexibility index (Phi) is 5.64. The maximum atomic E-state index is 12.0. The third-order valence-corrected chi connectivity index (χ3v) is 4.70. The first-order chi connectivity index (χ1) is 11.2. The number of aryl methyl sites for hydroxylation is 1. The molecule has 1 amide bonds. The summed E-state index contributed by atoms with van der Waals surface area (Å²) in [5.41, 5.74) is 0. The minimum atomic E-state index is -0.0231. The van der Waals surface area contributed by atoms with Gasteiger partial charge in [-0.2, -0.15) is 0 Å². The molecule has 3 rings (SSSR count). The smallest absolute Gasteiger partial charge is 0.239 e. The highest BCUT2D eigenvalue weighted by molar-refractivity contribution is 5.91. The first-order valence-corrected chi connectivity index (χ1v) is 8.57. The lowest BCUT2D eigenvalue weighted by Gasteiger charge is -2.37. The lowest BCUT2D eigenvalue weighted by molar-refractivity contribution is -0.117. The predicted molar refractivity (Wildman–Crippen MR) is 88.3 cm³/mol. The van der Waals surface area contributed by atoms with Crippen molar-refractivity contribution in [1.82, 2.24) is 20.3 Å². The second kappa shape index (κ2) is 7.90. The van der Waals surface area contributed by atoms with Crippen LogP contribution < -0.4 is 10.6 Å². The van der Waals surface area contributed by atoms with E-state index in [4.69, 9.17) is 4.52 Å². The van der Waals surface area contributed by atoms with E-state index < -0.39 is 0 Å². The number of rotatable bonds is 5. The molecule has 7 nitrogen and oxygen atoms in total. The van der Waals surface area contributed by atoms with Crippen molar-refractivity contribution in [2.45, 2.75) is 19.8 Å². The van der Waals surface area contributed by atoms with E-state index in [0.717, 1.165) is 45.2 Å². The number of piperidine rings is 1. The van der Waals surface area contributed by atoms with E-state index >= 15 is 0 Å². The maximum absolute atomic E-state index is 12.0. The number of hydrogen-bond acceptors (Lipinski definition) is 6. The number of aromatic nitrogens is 1. The molecule has 7 heteroatoms. The van der Waals surface area contributed by atoms with Gasteiger partial charge < -0.3 is 20.1 Å². The molecule has 2 N–H and O–H groups in total.